The van der Waals surface area contributed by atoms with Crippen molar-refractivity contribution in [3.63, 3.8) is 0 Å². The molecule has 0 aliphatic carbocycles. The molecule has 3 aromatic carbocycles. The molecule has 0 aliphatic rings. The summed E-state index contributed by atoms with van der Waals surface area (Å²) in [6.07, 6.45) is 1.01. The van der Waals surface area contributed by atoms with Crippen molar-refractivity contribution in [3.05, 3.63) is 78.9 Å². The molecule has 0 saturated carbocycles. The van der Waals surface area contributed by atoms with Crippen molar-refractivity contribution in [1.82, 2.24) is 0 Å². The molecule has 0 aliphatic heterocycles. The lowest BCUT2D eigenvalue weighted by Crippen LogP contribution is -2.21. The second kappa shape index (κ2) is 13.0. The van der Waals surface area contributed by atoms with Crippen molar-refractivity contribution in [2.45, 2.75) is 20.3 Å². The Labute approximate surface area is 195 Å². The number of para-hydroxylation sites is 1. The minimum atomic E-state index is -0.133. The second-order valence-corrected chi connectivity index (χ2v) is 7.99. The maximum Gasteiger partial charge on any atom is 0.243 e. The van der Waals surface area contributed by atoms with Crippen LogP contribution in [0.15, 0.2) is 78.9 Å². The van der Waals surface area contributed by atoms with E-state index in [0.717, 1.165) is 29.4 Å². The number of nitrogens with one attached hydrogen (secondary N) is 2. The van der Waals surface area contributed by atoms with E-state index in [2.05, 4.69) is 24.5 Å². The van der Waals surface area contributed by atoms with Crippen molar-refractivity contribution in [2.24, 2.45) is 5.92 Å². The molecule has 33 heavy (non-hydrogen) atoms. The van der Waals surface area contributed by atoms with Gasteiger partial charge in [-0.2, -0.15) is 0 Å². The number of hydrogen-bond donors (Lipinski definition) is 2. The number of amides is 1. The highest BCUT2D eigenvalue weighted by atomic mass is 16.5. The van der Waals surface area contributed by atoms with Gasteiger partial charge in [-0.1, -0.05) is 38.1 Å². The van der Waals surface area contributed by atoms with Gasteiger partial charge in [-0.15, -0.1) is 0 Å². The molecule has 3 rings (SSSR count). The average Bonchev–Trinajstić information content (AvgIpc) is 2.82. The first kappa shape index (κ1) is 24.0. The van der Waals surface area contributed by atoms with Gasteiger partial charge in [0.1, 0.15) is 30.5 Å². The number of carbonyl (C=O) groups excluding carboxylic acids is 1. The highest BCUT2D eigenvalue weighted by Gasteiger charge is 2.04. The molecule has 0 unspecified atom stereocenters. The van der Waals surface area contributed by atoms with Crippen LogP contribution in [0.1, 0.15) is 20.3 Å². The Morgan fingerprint density at radius 2 is 1.36 bits per heavy atom. The highest BCUT2D eigenvalue weighted by Crippen LogP contribution is 2.19. The summed E-state index contributed by atoms with van der Waals surface area (Å²) in [4.78, 5) is 12.3. The topological polar surface area (TPSA) is 68.8 Å². The van der Waals surface area contributed by atoms with E-state index in [1.54, 1.807) is 0 Å². The number of ether oxygens (including phenoxy) is 3. The molecule has 0 spiro atoms. The molecule has 0 fully saturated rings. The smallest absolute Gasteiger partial charge is 0.243 e. The molecule has 0 saturated heterocycles. The summed E-state index contributed by atoms with van der Waals surface area (Å²) < 4.78 is 17.1. The minimum Gasteiger partial charge on any atom is -0.494 e. The van der Waals surface area contributed by atoms with E-state index in [9.17, 15) is 4.79 Å². The molecule has 6 nitrogen and oxygen atoms in total. The number of carbonyl (C=O) groups is 1. The zero-order valence-electron chi connectivity index (χ0n) is 19.3. The Balaban J connectivity index is 1.36. The van der Waals surface area contributed by atoms with Crippen LogP contribution in [0.2, 0.25) is 0 Å². The molecule has 0 radical (unpaired) electrons. The van der Waals surface area contributed by atoms with E-state index in [-0.39, 0.29) is 12.5 Å². The Morgan fingerprint density at radius 1 is 0.727 bits per heavy atom. The highest BCUT2D eigenvalue weighted by molar-refractivity contribution is 5.93. The predicted octanol–water partition coefficient (Wildman–Crippen LogP) is 5.62. The second-order valence-electron chi connectivity index (χ2n) is 7.99. The number of rotatable bonds is 13. The molecule has 2 N–H and O–H groups in total. The molecule has 3 aromatic rings. The summed E-state index contributed by atoms with van der Waals surface area (Å²) in [6.45, 7) is 6.07. The fourth-order valence-electron chi connectivity index (χ4n) is 2.97. The molecule has 6 heteroatoms. The molecule has 0 heterocycles. The summed E-state index contributed by atoms with van der Waals surface area (Å²) in [7, 11) is 0. The first-order valence-electron chi connectivity index (χ1n) is 11.3. The van der Waals surface area contributed by atoms with E-state index in [1.807, 2.05) is 78.9 Å². The number of hydrogen-bond acceptors (Lipinski definition) is 5. The zero-order valence-corrected chi connectivity index (χ0v) is 19.3. The van der Waals surface area contributed by atoms with Crippen LogP contribution in [0.25, 0.3) is 0 Å². The SMILES string of the molecule is CC(C)CCOc1cccc(NCC(=O)Nc2ccc(OCCOc3ccccc3)cc2)c1. The maximum absolute atomic E-state index is 12.3. The summed E-state index contributed by atoms with van der Waals surface area (Å²) in [5, 5.41) is 6.01. The number of benzene rings is 3. The lowest BCUT2D eigenvalue weighted by Gasteiger charge is -2.11. The summed E-state index contributed by atoms with van der Waals surface area (Å²) in [6, 6.07) is 24.5. The Kier molecular flexibility index (Phi) is 9.45. The van der Waals surface area contributed by atoms with Gasteiger partial charge in [0.05, 0.1) is 13.2 Å². The van der Waals surface area contributed by atoms with Crippen LogP contribution in [0.5, 0.6) is 17.2 Å². The third kappa shape index (κ3) is 9.15. The van der Waals surface area contributed by atoms with Crippen LogP contribution < -0.4 is 24.8 Å². The van der Waals surface area contributed by atoms with Gasteiger partial charge in [0.15, 0.2) is 0 Å². The first-order valence-corrected chi connectivity index (χ1v) is 11.3. The quantitative estimate of drug-likeness (QED) is 0.332. The van der Waals surface area contributed by atoms with Crippen LogP contribution in [-0.4, -0.2) is 32.3 Å². The van der Waals surface area contributed by atoms with Gasteiger partial charge >= 0.3 is 0 Å². The molecular formula is C27H32N2O4. The summed E-state index contributed by atoms with van der Waals surface area (Å²) in [5.74, 6) is 2.80. The molecule has 0 aromatic heterocycles. The Bertz CT molecular complexity index is 975. The lowest BCUT2D eigenvalue weighted by molar-refractivity contribution is -0.114. The van der Waals surface area contributed by atoms with Gasteiger partial charge in [0.2, 0.25) is 5.91 Å². The predicted molar refractivity (Wildman–Crippen MR) is 132 cm³/mol. The maximum atomic E-state index is 12.3. The van der Waals surface area contributed by atoms with Crippen molar-refractivity contribution in [2.75, 3.05) is 37.0 Å². The zero-order chi connectivity index (χ0) is 23.3. The van der Waals surface area contributed by atoms with Crippen LogP contribution in [0, 0.1) is 5.92 Å². The van der Waals surface area contributed by atoms with Crippen molar-refractivity contribution in [3.8, 4) is 17.2 Å². The molecule has 174 valence electrons. The third-order valence-corrected chi connectivity index (χ3v) is 4.75. The third-order valence-electron chi connectivity index (χ3n) is 4.75. The van der Waals surface area contributed by atoms with Crippen LogP contribution >= 0.6 is 0 Å². The normalized spacial score (nSPS) is 10.5. The fraction of sp³-hybridized carbons (Fsp3) is 0.296. The summed E-state index contributed by atoms with van der Waals surface area (Å²) >= 11 is 0. The minimum absolute atomic E-state index is 0.133. The van der Waals surface area contributed by atoms with Gasteiger partial charge < -0.3 is 24.8 Å². The van der Waals surface area contributed by atoms with Gasteiger partial charge in [0.25, 0.3) is 0 Å². The molecular weight excluding hydrogens is 416 g/mol. The Hall–Kier alpha value is -3.67. The van der Waals surface area contributed by atoms with Gasteiger partial charge in [0, 0.05) is 17.4 Å². The first-order chi connectivity index (χ1) is 16.1. The summed E-state index contributed by atoms with van der Waals surface area (Å²) in [5.41, 5.74) is 1.55. The standard InChI is InChI=1S/C27H32N2O4/c1-21(2)15-16-31-26-10-6-7-23(19-26)28-20-27(30)29-22-11-13-25(14-12-22)33-18-17-32-24-8-4-3-5-9-24/h3-14,19,21,28H,15-18,20H2,1-2H3,(H,29,30). The van der Waals surface area contributed by atoms with Crippen molar-refractivity contribution in [1.29, 1.82) is 0 Å². The molecule has 0 bridgehead atoms. The monoisotopic (exact) mass is 448 g/mol. The Morgan fingerprint density at radius 3 is 2.06 bits per heavy atom. The molecule has 0 atom stereocenters. The van der Waals surface area contributed by atoms with Crippen LogP contribution in [0.3, 0.4) is 0 Å². The van der Waals surface area contributed by atoms with E-state index in [0.29, 0.717) is 31.4 Å². The van der Waals surface area contributed by atoms with E-state index in [1.165, 1.54) is 0 Å². The van der Waals surface area contributed by atoms with Gasteiger partial charge in [-0.3, -0.25) is 4.79 Å². The van der Waals surface area contributed by atoms with Gasteiger partial charge in [-0.25, -0.2) is 0 Å². The van der Waals surface area contributed by atoms with Crippen LogP contribution in [0.4, 0.5) is 11.4 Å². The average molecular weight is 449 g/mol. The van der Waals surface area contributed by atoms with Crippen molar-refractivity contribution < 1.29 is 19.0 Å². The van der Waals surface area contributed by atoms with E-state index >= 15 is 0 Å². The number of anilines is 2. The lowest BCUT2D eigenvalue weighted by atomic mass is 10.1. The van der Waals surface area contributed by atoms with Crippen molar-refractivity contribution >= 4 is 17.3 Å². The van der Waals surface area contributed by atoms with Crippen LogP contribution in [-0.2, 0) is 4.79 Å². The fourth-order valence-corrected chi connectivity index (χ4v) is 2.97. The van der Waals surface area contributed by atoms with Gasteiger partial charge in [-0.05, 0) is 60.9 Å². The molecule has 1 amide bonds. The largest absolute Gasteiger partial charge is 0.494 e. The van der Waals surface area contributed by atoms with E-state index in [4.69, 9.17) is 14.2 Å². The van der Waals surface area contributed by atoms with E-state index < -0.39 is 0 Å².